The molecule has 38 heavy (non-hydrogen) atoms. The first-order valence-electron chi connectivity index (χ1n) is 12.8. The molecular weight excluding hydrogens is 498 g/mol. The van der Waals surface area contributed by atoms with Crippen molar-refractivity contribution in [1.82, 2.24) is 5.32 Å². The second-order valence-electron chi connectivity index (χ2n) is 9.68. The van der Waals surface area contributed by atoms with Crippen molar-refractivity contribution in [2.75, 3.05) is 13.7 Å². The van der Waals surface area contributed by atoms with E-state index >= 15 is 0 Å². The Labute approximate surface area is 228 Å². The first-order valence-corrected chi connectivity index (χ1v) is 13.2. The Bertz CT molecular complexity index is 1410. The van der Waals surface area contributed by atoms with Crippen LogP contribution in [-0.4, -0.2) is 25.5 Å². The van der Waals surface area contributed by atoms with Gasteiger partial charge in [0.15, 0.2) is 5.78 Å². The van der Waals surface area contributed by atoms with Crippen LogP contribution in [-0.2, 0) is 20.7 Å². The molecule has 2 aliphatic rings. The maximum absolute atomic E-state index is 13.8. The maximum atomic E-state index is 13.8. The summed E-state index contributed by atoms with van der Waals surface area (Å²) in [6.07, 6.45) is 1.62. The molecule has 0 fully saturated rings. The Balaban J connectivity index is 1.49. The molecule has 0 radical (unpaired) electrons. The van der Waals surface area contributed by atoms with Crippen LogP contribution in [0.2, 0.25) is 5.02 Å². The zero-order valence-electron chi connectivity index (χ0n) is 21.5. The van der Waals surface area contributed by atoms with Crippen molar-refractivity contribution in [3.05, 3.63) is 123 Å². The molecule has 0 saturated carbocycles. The summed E-state index contributed by atoms with van der Waals surface area (Å²) in [6, 6.07) is 25.1. The number of carbonyl (C=O) groups is 2. The smallest absolute Gasteiger partial charge is 0.336 e. The average molecular weight is 528 g/mol. The van der Waals surface area contributed by atoms with Crippen LogP contribution >= 0.6 is 11.6 Å². The number of hydrogen-bond donors (Lipinski definition) is 1. The lowest BCUT2D eigenvalue weighted by molar-refractivity contribution is -0.139. The lowest BCUT2D eigenvalue weighted by atomic mass is 9.71. The fourth-order valence-electron chi connectivity index (χ4n) is 5.48. The number of methoxy groups -OCH3 is 1. The van der Waals surface area contributed by atoms with Crippen molar-refractivity contribution in [2.45, 2.75) is 38.0 Å². The van der Waals surface area contributed by atoms with Crippen molar-refractivity contribution in [3.8, 4) is 5.75 Å². The van der Waals surface area contributed by atoms with Gasteiger partial charge >= 0.3 is 5.97 Å². The van der Waals surface area contributed by atoms with Gasteiger partial charge in [0.2, 0.25) is 0 Å². The van der Waals surface area contributed by atoms with E-state index in [2.05, 4.69) is 5.32 Å². The number of Topliss-reactive ketones (excluding diaryl/α,β-unsaturated/α-hetero) is 1. The minimum atomic E-state index is -0.578. The molecule has 0 spiro atoms. The van der Waals surface area contributed by atoms with E-state index in [-0.39, 0.29) is 18.3 Å². The van der Waals surface area contributed by atoms with Crippen LogP contribution in [0, 0.1) is 0 Å². The number of halogens is 1. The summed E-state index contributed by atoms with van der Waals surface area (Å²) in [5.41, 5.74) is 5.52. The van der Waals surface area contributed by atoms with Gasteiger partial charge in [-0.1, -0.05) is 72.3 Å². The molecule has 2 atom stereocenters. The van der Waals surface area contributed by atoms with E-state index in [0.29, 0.717) is 46.9 Å². The van der Waals surface area contributed by atoms with Crippen LogP contribution in [0.3, 0.4) is 0 Å². The summed E-state index contributed by atoms with van der Waals surface area (Å²) < 4.78 is 11.4. The molecule has 1 aliphatic heterocycles. The molecule has 3 aromatic carbocycles. The highest BCUT2D eigenvalue weighted by Gasteiger charge is 2.42. The Morgan fingerprint density at radius 1 is 0.974 bits per heavy atom. The standard InChI is InChI=1S/C32H30ClNO4/c1-20-29(32(36)38-17-16-21-8-4-3-5-9-21)30(25-10-6-7-11-28(25)37-2)31-26(34-20)18-23(19-27(31)35)22-12-14-24(33)15-13-22/h3-15,23,30,34H,16-19H2,1-2H3. The molecule has 0 aromatic heterocycles. The average Bonchev–Trinajstić information content (AvgIpc) is 2.93. The number of nitrogens with one attached hydrogen (secondary N) is 1. The Morgan fingerprint density at radius 2 is 1.68 bits per heavy atom. The topological polar surface area (TPSA) is 64.6 Å². The predicted molar refractivity (Wildman–Crippen MR) is 148 cm³/mol. The number of dihydropyridines is 1. The van der Waals surface area contributed by atoms with E-state index in [9.17, 15) is 9.59 Å². The molecule has 5 nitrogen and oxygen atoms in total. The van der Waals surface area contributed by atoms with Crippen molar-refractivity contribution < 1.29 is 19.1 Å². The molecule has 1 N–H and O–H groups in total. The normalized spacial score (nSPS) is 19.1. The molecule has 1 aliphatic carbocycles. The fraction of sp³-hybridized carbons (Fsp3) is 0.250. The van der Waals surface area contributed by atoms with Gasteiger partial charge in [0.05, 0.1) is 25.2 Å². The van der Waals surface area contributed by atoms with Crippen LogP contribution in [0.5, 0.6) is 5.75 Å². The van der Waals surface area contributed by atoms with E-state index < -0.39 is 11.9 Å². The molecular formula is C32H30ClNO4. The Kier molecular flexibility index (Phi) is 7.66. The summed E-state index contributed by atoms with van der Waals surface area (Å²) in [7, 11) is 1.60. The number of ether oxygens (including phenoxy) is 2. The van der Waals surface area contributed by atoms with Gasteiger partial charge in [0, 0.05) is 40.4 Å². The zero-order valence-corrected chi connectivity index (χ0v) is 22.3. The number of esters is 1. The molecule has 5 rings (SSSR count). The van der Waals surface area contributed by atoms with Crippen LogP contribution in [0.15, 0.2) is 101 Å². The summed E-state index contributed by atoms with van der Waals surface area (Å²) >= 11 is 6.09. The minimum absolute atomic E-state index is 0.0108. The summed E-state index contributed by atoms with van der Waals surface area (Å²) in [4.78, 5) is 27.4. The lowest BCUT2D eigenvalue weighted by Gasteiger charge is -2.37. The fourth-order valence-corrected chi connectivity index (χ4v) is 5.61. The Morgan fingerprint density at radius 3 is 2.42 bits per heavy atom. The number of hydrogen-bond acceptors (Lipinski definition) is 5. The number of rotatable bonds is 7. The van der Waals surface area contributed by atoms with Gasteiger partial charge in [-0.2, -0.15) is 0 Å². The predicted octanol–water partition coefficient (Wildman–Crippen LogP) is 6.50. The third kappa shape index (κ3) is 5.25. The summed E-state index contributed by atoms with van der Waals surface area (Å²) in [5.74, 6) is -0.347. The van der Waals surface area contributed by atoms with Gasteiger partial charge in [-0.15, -0.1) is 0 Å². The van der Waals surface area contributed by atoms with Gasteiger partial charge in [-0.25, -0.2) is 4.79 Å². The van der Waals surface area contributed by atoms with E-state index in [1.54, 1.807) is 7.11 Å². The molecule has 6 heteroatoms. The van der Waals surface area contributed by atoms with E-state index in [4.69, 9.17) is 21.1 Å². The highest BCUT2D eigenvalue weighted by Crippen LogP contribution is 2.47. The van der Waals surface area contributed by atoms with Crippen molar-refractivity contribution in [2.24, 2.45) is 0 Å². The number of carbonyl (C=O) groups excluding carboxylic acids is 2. The molecule has 0 amide bonds. The number of para-hydroxylation sites is 1. The first-order chi connectivity index (χ1) is 18.5. The largest absolute Gasteiger partial charge is 0.496 e. The lowest BCUT2D eigenvalue weighted by Crippen LogP contribution is -2.36. The highest BCUT2D eigenvalue weighted by atomic mass is 35.5. The van der Waals surface area contributed by atoms with Gasteiger partial charge < -0.3 is 14.8 Å². The molecule has 0 saturated heterocycles. The SMILES string of the molecule is COc1ccccc1C1C(C(=O)OCCc2ccccc2)=C(C)NC2=C1C(=O)CC(c1ccc(Cl)cc1)C2. The maximum Gasteiger partial charge on any atom is 0.336 e. The van der Waals surface area contributed by atoms with Crippen LogP contribution in [0.4, 0.5) is 0 Å². The van der Waals surface area contributed by atoms with Crippen molar-refractivity contribution in [1.29, 1.82) is 0 Å². The first kappa shape index (κ1) is 25.8. The second-order valence-corrected chi connectivity index (χ2v) is 10.1. The van der Waals surface area contributed by atoms with Crippen LogP contribution in [0.25, 0.3) is 0 Å². The molecule has 0 bridgehead atoms. The number of allylic oxidation sites excluding steroid dienone is 3. The van der Waals surface area contributed by atoms with E-state index in [0.717, 1.165) is 22.4 Å². The highest BCUT2D eigenvalue weighted by molar-refractivity contribution is 6.30. The van der Waals surface area contributed by atoms with Crippen LogP contribution in [0.1, 0.15) is 48.3 Å². The van der Waals surface area contributed by atoms with Gasteiger partial charge in [-0.05, 0) is 48.6 Å². The quantitative estimate of drug-likeness (QED) is 0.355. The summed E-state index contributed by atoms with van der Waals surface area (Å²) in [5, 5.41) is 4.07. The number of benzene rings is 3. The van der Waals surface area contributed by atoms with E-state index in [1.807, 2.05) is 85.8 Å². The molecule has 3 aromatic rings. The summed E-state index contributed by atoms with van der Waals surface area (Å²) in [6.45, 7) is 2.12. The zero-order chi connectivity index (χ0) is 26.6. The minimum Gasteiger partial charge on any atom is -0.496 e. The van der Waals surface area contributed by atoms with Crippen LogP contribution < -0.4 is 10.1 Å². The van der Waals surface area contributed by atoms with E-state index in [1.165, 1.54) is 0 Å². The third-order valence-corrected chi connectivity index (χ3v) is 7.56. The van der Waals surface area contributed by atoms with Gasteiger partial charge in [-0.3, -0.25) is 4.79 Å². The van der Waals surface area contributed by atoms with Gasteiger partial charge in [0.25, 0.3) is 0 Å². The second kappa shape index (κ2) is 11.3. The molecule has 2 unspecified atom stereocenters. The Hall–Kier alpha value is -3.83. The van der Waals surface area contributed by atoms with Crippen molar-refractivity contribution in [3.63, 3.8) is 0 Å². The molecule has 194 valence electrons. The third-order valence-electron chi connectivity index (χ3n) is 7.31. The van der Waals surface area contributed by atoms with Crippen molar-refractivity contribution >= 4 is 23.4 Å². The number of ketones is 1. The molecule has 1 heterocycles. The monoisotopic (exact) mass is 527 g/mol. The van der Waals surface area contributed by atoms with Gasteiger partial charge in [0.1, 0.15) is 5.75 Å².